The maximum atomic E-state index is 4.90. The molecule has 1 heterocycles. The standard InChI is InChI=1S/C23H19INP/c24-26(20-12-4-1-5-13-20,21-14-6-2-7-15-21,22-16-8-3-9-17-22)23-18-10-11-19-25-23/h1-19H. The maximum absolute atomic E-state index is 4.90. The van der Waals surface area contributed by atoms with E-state index in [1.165, 1.54) is 15.9 Å². The molecule has 0 amide bonds. The molecular weight excluding hydrogens is 448 g/mol. The van der Waals surface area contributed by atoms with Crippen LogP contribution < -0.4 is 21.3 Å². The topological polar surface area (TPSA) is 12.9 Å². The summed E-state index contributed by atoms with van der Waals surface area (Å²) < 4.78 is -2.96. The SMILES string of the molecule is IP(c1ccccc1)(c1ccccc1)(c1ccccc1)c1ccccn1. The second-order valence-electron chi connectivity index (χ2n) is 6.20. The van der Waals surface area contributed by atoms with Crippen LogP contribution in [-0.2, 0) is 0 Å². The average Bonchev–Trinajstić information content (AvgIpc) is 2.76. The van der Waals surface area contributed by atoms with Crippen molar-refractivity contribution in [1.29, 1.82) is 0 Å². The Labute approximate surface area is 167 Å². The summed E-state index contributed by atoms with van der Waals surface area (Å²) in [7, 11) is 0. The molecule has 0 bridgehead atoms. The Balaban J connectivity index is 2.23. The number of hydrogen-bond donors (Lipinski definition) is 0. The van der Waals surface area contributed by atoms with Crippen LogP contribution in [0.5, 0.6) is 0 Å². The van der Waals surface area contributed by atoms with E-state index in [1.54, 1.807) is 0 Å². The van der Waals surface area contributed by atoms with Crippen LogP contribution in [0.4, 0.5) is 0 Å². The van der Waals surface area contributed by atoms with E-state index in [-0.39, 0.29) is 0 Å². The molecule has 3 aromatic carbocycles. The molecule has 0 atom stereocenters. The van der Waals surface area contributed by atoms with Gasteiger partial charge in [0.25, 0.3) is 0 Å². The van der Waals surface area contributed by atoms with Gasteiger partial charge in [-0.25, -0.2) is 0 Å². The van der Waals surface area contributed by atoms with Crippen LogP contribution in [0.25, 0.3) is 0 Å². The summed E-state index contributed by atoms with van der Waals surface area (Å²) in [6.07, 6.45) is 1.91. The number of halogens is 1. The van der Waals surface area contributed by atoms with Crippen LogP contribution in [0.15, 0.2) is 115 Å². The molecule has 3 heteroatoms. The first kappa shape index (κ1) is 17.4. The molecule has 0 aliphatic rings. The van der Waals surface area contributed by atoms with E-state index in [0.717, 1.165) is 5.44 Å². The van der Waals surface area contributed by atoms with Crippen molar-refractivity contribution < 1.29 is 0 Å². The number of hydrogen-bond acceptors (Lipinski definition) is 1. The Kier molecular flexibility index (Phi) is 4.64. The molecule has 0 N–H and O–H groups in total. The molecule has 0 unspecified atom stereocenters. The van der Waals surface area contributed by atoms with E-state index in [2.05, 4.69) is 125 Å². The molecule has 1 aromatic heterocycles. The van der Waals surface area contributed by atoms with Crippen molar-refractivity contribution in [2.45, 2.75) is 0 Å². The zero-order chi connectivity index (χ0) is 17.9. The van der Waals surface area contributed by atoms with Crippen molar-refractivity contribution in [3.63, 3.8) is 0 Å². The van der Waals surface area contributed by atoms with E-state index in [9.17, 15) is 0 Å². The van der Waals surface area contributed by atoms with Crippen LogP contribution >= 0.6 is 26.3 Å². The van der Waals surface area contributed by atoms with Gasteiger partial charge in [-0.1, -0.05) is 0 Å². The molecule has 4 aromatic rings. The van der Waals surface area contributed by atoms with Gasteiger partial charge < -0.3 is 0 Å². The second kappa shape index (κ2) is 6.94. The Morgan fingerprint density at radius 1 is 0.500 bits per heavy atom. The average molecular weight is 467 g/mol. The number of nitrogens with zero attached hydrogens (tertiary/aromatic N) is 1. The predicted octanol–water partition coefficient (Wildman–Crippen LogP) is 4.59. The van der Waals surface area contributed by atoms with Crippen molar-refractivity contribution in [2.75, 3.05) is 0 Å². The Bertz CT molecular complexity index is 820. The Morgan fingerprint density at radius 2 is 0.885 bits per heavy atom. The van der Waals surface area contributed by atoms with Gasteiger partial charge in [0.1, 0.15) is 0 Å². The molecule has 0 aliphatic heterocycles. The number of rotatable bonds is 4. The second-order valence-corrected chi connectivity index (χ2v) is 16.0. The minimum absolute atomic E-state index is 1.13. The van der Waals surface area contributed by atoms with Crippen LogP contribution in [0, 0.1) is 0 Å². The fourth-order valence-electron chi connectivity index (χ4n) is 3.57. The fourth-order valence-corrected chi connectivity index (χ4v) is 11.9. The number of benzene rings is 3. The summed E-state index contributed by atoms with van der Waals surface area (Å²) in [5.41, 5.74) is 1.13. The van der Waals surface area contributed by atoms with E-state index < -0.39 is 4.25 Å². The van der Waals surface area contributed by atoms with Crippen molar-refractivity contribution >= 4 is 47.6 Å². The molecule has 0 saturated carbocycles. The molecular formula is C23H19INP. The van der Waals surface area contributed by atoms with Gasteiger partial charge in [0, 0.05) is 0 Å². The summed E-state index contributed by atoms with van der Waals surface area (Å²) in [6, 6.07) is 38.8. The van der Waals surface area contributed by atoms with E-state index in [1.807, 2.05) is 12.3 Å². The summed E-state index contributed by atoms with van der Waals surface area (Å²) in [4.78, 5) is 4.90. The quantitative estimate of drug-likeness (QED) is 0.316. The van der Waals surface area contributed by atoms with Crippen LogP contribution in [-0.4, -0.2) is 4.98 Å². The first-order chi connectivity index (χ1) is 12.7. The van der Waals surface area contributed by atoms with Crippen molar-refractivity contribution in [2.24, 2.45) is 0 Å². The molecule has 0 spiro atoms. The first-order valence-corrected chi connectivity index (χ1v) is 13.6. The van der Waals surface area contributed by atoms with Crippen LogP contribution in [0.2, 0.25) is 0 Å². The van der Waals surface area contributed by atoms with Gasteiger partial charge in [-0.15, -0.1) is 0 Å². The molecule has 26 heavy (non-hydrogen) atoms. The zero-order valence-electron chi connectivity index (χ0n) is 14.2. The normalized spacial score (nSPS) is 12.9. The molecule has 0 aliphatic carbocycles. The molecule has 4 rings (SSSR count). The molecule has 0 saturated heterocycles. The molecule has 128 valence electrons. The Hall–Kier alpha value is -2.03. The van der Waals surface area contributed by atoms with E-state index in [4.69, 9.17) is 4.98 Å². The van der Waals surface area contributed by atoms with Crippen LogP contribution in [0.1, 0.15) is 0 Å². The first-order valence-electron chi connectivity index (χ1n) is 8.57. The van der Waals surface area contributed by atoms with E-state index >= 15 is 0 Å². The van der Waals surface area contributed by atoms with Crippen molar-refractivity contribution in [3.05, 3.63) is 115 Å². The third-order valence-corrected chi connectivity index (χ3v) is 16.2. The van der Waals surface area contributed by atoms with Crippen molar-refractivity contribution in [3.8, 4) is 0 Å². The van der Waals surface area contributed by atoms with Crippen molar-refractivity contribution in [1.82, 2.24) is 4.98 Å². The molecule has 0 radical (unpaired) electrons. The van der Waals surface area contributed by atoms with Gasteiger partial charge in [-0.2, -0.15) is 0 Å². The van der Waals surface area contributed by atoms with Gasteiger partial charge in [0.05, 0.1) is 0 Å². The van der Waals surface area contributed by atoms with Crippen LogP contribution in [0.3, 0.4) is 0 Å². The fraction of sp³-hybridized carbons (Fsp3) is 0. The Morgan fingerprint density at radius 3 is 1.23 bits per heavy atom. The van der Waals surface area contributed by atoms with Gasteiger partial charge in [-0.3, -0.25) is 0 Å². The monoisotopic (exact) mass is 467 g/mol. The zero-order valence-corrected chi connectivity index (χ0v) is 17.3. The third kappa shape index (κ3) is 2.52. The minimum atomic E-state index is -2.96. The van der Waals surface area contributed by atoms with Gasteiger partial charge >= 0.3 is 168 Å². The summed E-state index contributed by atoms with van der Waals surface area (Å²) >= 11 is 2.74. The summed E-state index contributed by atoms with van der Waals surface area (Å²) in [5, 5.41) is 3.94. The summed E-state index contributed by atoms with van der Waals surface area (Å²) in [5.74, 6) is 0. The number of aromatic nitrogens is 1. The number of pyridine rings is 1. The molecule has 1 nitrogen and oxygen atoms in total. The predicted molar refractivity (Wildman–Crippen MR) is 123 cm³/mol. The molecule has 0 fully saturated rings. The van der Waals surface area contributed by atoms with Gasteiger partial charge in [0.2, 0.25) is 0 Å². The van der Waals surface area contributed by atoms with Gasteiger partial charge in [-0.05, 0) is 0 Å². The van der Waals surface area contributed by atoms with E-state index in [0.29, 0.717) is 0 Å². The summed E-state index contributed by atoms with van der Waals surface area (Å²) in [6.45, 7) is 0. The third-order valence-electron chi connectivity index (χ3n) is 4.80. The van der Waals surface area contributed by atoms with Gasteiger partial charge in [0.15, 0.2) is 0 Å².